The summed E-state index contributed by atoms with van der Waals surface area (Å²) in [5, 5.41) is 0. The molecule has 0 fully saturated rings. The summed E-state index contributed by atoms with van der Waals surface area (Å²) in [5.41, 5.74) is 0.767. The number of ether oxygens (including phenoxy) is 1. The lowest BCUT2D eigenvalue weighted by molar-refractivity contribution is 0.0600. The van der Waals surface area contributed by atoms with E-state index in [1.807, 2.05) is 0 Å². The van der Waals surface area contributed by atoms with Crippen LogP contribution in [0.4, 0.5) is 8.78 Å². The van der Waals surface area contributed by atoms with Crippen LogP contribution < -0.4 is 0 Å². The van der Waals surface area contributed by atoms with E-state index in [4.69, 9.17) is 0 Å². The Morgan fingerprint density at radius 1 is 1.22 bits per heavy atom. The molecule has 3 nitrogen and oxygen atoms in total. The minimum absolute atomic E-state index is 0.176. The molecular formula is C13H9F2NO2. The van der Waals surface area contributed by atoms with Crippen LogP contribution in [0.5, 0.6) is 0 Å². The highest BCUT2D eigenvalue weighted by Crippen LogP contribution is 2.23. The molecular weight excluding hydrogens is 240 g/mol. The fourth-order valence-corrected chi connectivity index (χ4v) is 1.54. The molecule has 2 aromatic rings. The smallest absolute Gasteiger partial charge is 0.339 e. The second kappa shape index (κ2) is 4.91. The van der Waals surface area contributed by atoms with Crippen LogP contribution in [0, 0.1) is 11.6 Å². The van der Waals surface area contributed by atoms with Gasteiger partial charge in [0.1, 0.15) is 11.6 Å². The van der Waals surface area contributed by atoms with Crippen LogP contribution in [0.1, 0.15) is 10.4 Å². The van der Waals surface area contributed by atoms with Crippen LogP contribution in [-0.4, -0.2) is 18.1 Å². The summed E-state index contributed by atoms with van der Waals surface area (Å²) in [4.78, 5) is 15.2. The van der Waals surface area contributed by atoms with E-state index in [0.29, 0.717) is 5.56 Å². The van der Waals surface area contributed by atoms with Gasteiger partial charge in [-0.2, -0.15) is 0 Å². The summed E-state index contributed by atoms with van der Waals surface area (Å²) in [6, 6.07) is 4.65. The Morgan fingerprint density at radius 3 is 2.67 bits per heavy atom. The molecule has 0 spiro atoms. The van der Waals surface area contributed by atoms with Crippen LogP contribution in [-0.2, 0) is 4.74 Å². The number of hydrogen-bond acceptors (Lipinski definition) is 3. The van der Waals surface area contributed by atoms with Crippen LogP contribution in [0.2, 0.25) is 0 Å². The number of aromatic nitrogens is 1. The molecule has 0 N–H and O–H groups in total. The highest BCUT2D eigenvalue weighted by molar-refractivity contribution is 5.90. The van der Waals surface area contributed by atoms with E-state index in [2.05, 4.69) is 9.72 Å². The van der Waals surface area contributed by atoms with E-state index in [9.17, 15) is 13.6 Å². The van der Waals surface area contributed by atoms with Gasteiger partial charge in [0.15, 0.2) is 0 Å². The Bertz CT molecular complexity index is 599. The molecule has 2 rings (SSSR count). The largest absolute Gasteiger partial charge is 0.465 e. The third-order valence-electron chi connectivity index (χ3n) is 2.40. The first kappa shape index (κ1) is 12.2. The summed E-state index contributed by atoms with van der Waals surface area (Å²) in [6.45, 7) is 0. The number of pyridine rings is 1. The number of carbonyl (C=O) groups is 1. The summed E-state index contributed by atoms with van der Waals surface area (Å²) < 4.78 is 30.9. The molecule has 0 bridgehead atoms. The summed E-state index contributed by atoms with van der Waals surface area (Å²) >= 11 is 0. The van der Waals surface area contributed by atoms with Crippen molar-refractivity contribution in [2.24, 2.45) is 0 Å². The van der Waals surface area contributed by atoms with E-state index >= 15 is 0 Å². The van der Waals surface area contributed by atoms with Gasteiger partial charge in [0.2, 0.25) is 0 Å². The molecule has 0 unspecified atom stereocenters. The van der Waals surface area contributed by atoms with Crippen molar-refractivity contribution in [1.29, 1.82) is 0 Å². The molecule has 92 valence electrons. The van der Waals surface area contributed by atoms with Crippen LogP contribution in [0.3, 0.4) is 0 Å². The standard InChI is InChI=1S/C13H9F2NO2/c1-18-13(17)9-4-8(6-16-7-9)11-3-2-10(14)5-12(11)15/h2-7H,1H3. The fourth-order valence-electron chi connectivity index (χ4n) is 1.54. The Morgan fingerprint density at radius 2 is 2.00 bits per heavy atom. The molecule has 18 heavy (non-hydrogen) atoms. The van der Waals surface area contributed by atoms with Gasteiger partial charge in [0.05, 0.1) is 12.7 Å². The Labute approximate surface area is 102 Å². The van der Waals surface area contributed by atoms with E-state index in [-0.39, 0.29) is 11.1 Å². The van der Waals surface area contributed by atoms with Crippen molar-refractivity contribution in [1.82, 2.24) is 4.98 Å². The van der Waals surface area contributed by atoms with Gasteiger partial charge in [0.25, 0.3) is 0 Å². The second-order valence-corrected chi connectivity index (χ2v) is 3.58. The number of hydrogen-bond donors (Lipinski definition) is 0. The quantitative estimate of drug-likeness (QED) is 0.768. The van der Waals surface area contributed by atoms with Gasteiger partial charge in [-0.25, -0.2) is 13.6 Å². The van der Waals surface area contributed by atoms with Crippen LogP contribution in [0.15, 0.2) is 36.7 Å². The average molecular weight is 249 g/mol. The van der Waals surface area contributed by atoms with Gasteiger partial charge in [-0.1, -0.05) is 0 Å². The zero-order chi connectivity index (χ0) is 13.1. The molecule has 1 aromatic carbocycles. The maximum absolute atomic E-state index is 13.6. The zero-order valence-corrected chi connectivity index (χ0v) is 9.48. The number of halogens is 2. The average Bonchev–Trinajstić information content (AvgIpc) is 2.38. The summed E-state index contributed by atoms with van der Waals surface area (Å²) in [7, 11) is 1.24. The molecule has 0 atom stereocenters. The maximum atomic E-state index is 13.6. The first-order chi connectivity index (χ1) is 8.61. The van der Waals surface area contributed by atoms with Crippen LogP contribution in [0.25, 0.3) is 11.1 Å². The third-order valence-corrected chi connectivity index (χ3v) is 2.40. The minimum atomic E-state index is -0.709. The van der Waals surface area contributed by atoms with Crippen molar-refractivity contribution in [3.63, 3.8) is 0 Å². The van der Waals surface area contributed by atoms with Gasteiger partial charge >= 0.3 is 5.97 Å². The van der Waals surface area contributed by atoms with E-state index in [1.54, 1.807) is 0 Å². The van der Waals surface area contributed by atoms with Crippen molar-refractivity contribution in [2.75, 3.05) is 7.11 Å². The fraction of sp³-hybridized carbons (Fsp3) is 0.0769. The van der Waals surface area contributed by atoms with Crippen molar-refractivity contribution >= 4 is 5.97 Å². The van der Waals surface area contributed by atoms with E-state index < -0.39 is 17.6 Å². The molecule has 0 aliphatic carbocycles. The number of nitrogens with zero attached hydrogens (tertiary/aromatic N) is 1. The lowest BCUT2D eigenvalue weighted by Crippen LogP contribution is -2.02. The molecule has 5 heteroatoms. The highest BCUT2D eigenvalue weighted by atomic mass is 19.1. The first-order valence-corrected chi connectivity index (χ1v) is 5.10. The summed E-state index contributed by atoms with van der Waals surface area (Å²) in [6.07, 6.45) is 2.71. The number of rotatable bonds is 2. The molecule has 0 saturated carbocycles. The minimum Gasteiger partial charge on any atom is -0.465 e. The van der Waals surface area contributed by atoms with Gasteiger partial charge in [-0.3, -0.25) is 4.98 Å². The lowest BCUT2D eigenvalue weighted by Gasteiger charge is -2.05. The molecule has 0 radical (unpaired) electrons. The molecule has 0 amide bonds. The van der Waals surface area contributed by atoms with Crippen molar-refractivity contribution in [3.8, 4) is 11.1 Å². The number of esters is 1. The molecule has 0 saturated heterocycles. The molecule has 1 aromatic heterocycles. The van der Waals surface area contributed by atoms with Gasteiger partial charge in [0, 0.05) is 29.6 Å². The topological polar surface area (TPSA) is 39.2 Å². The SMILES string of the molecule is COC(=O)c1cncc(-c2ccc(F)cc2F)c1. The van der Waals surface area contributed by atoms with Gasteiger partial charge < -0.3 is 4.74 Å². The number of benzene rings is 1. The third kappa shape index (κ3) is 2.34. The van der Waals surface area contributed by atoms with E-state index in [1.165, 1.54) is 31.6 Å². The maximum Gasteiger partial charge on any atom is 0.339 e. The van der Waals surface area contributed by atoms with Crippen molar-refractivity contribution < 1.29 is 18.3 Å². The predicted octanol–water partition coefficient (Wildman–Crippen LogP) is 2.81. The van der Waals surface area contributed by atoms with Crippen molar-refractivity contribution in [3.05, 3.63) is 53.9 Å². The molecule has 0 aliphatic rings. The molecule has 1 heterocycles. The Hall–Kier alpha value is -2.30. The summed E-state index contributed by atoms with van der Waals surface area (Å²) in [5.74, 6) is -1.93. The highest BCUT2D eigenvalue weighted by Gasteiger charge is 2.11. The van der Waals surface area contributed by atoms with Crippen molar-refractivity contribution in [2.45, 2.75) is 0 Å². The monoisotopic (exact) mass is 249 g/mol. The van der Waals surface area contributed by atoms with Gasteiger partial charge in [-0.15, -0.1) is 0 Å². The van der Waals surface area contributed by atoms with Crippen LogP contribution >= 0.6 is 0 Å². The Balaban J connectivity index is 2.48. The first-order valence-electron chi connectivity index (χ1n) is 5.10. The normalized spacial score (nSPS) is 10.2. The second-order valence-electron chi connectivity index (χ2n) is 3.58. The number of methoxy groups -OCH3 is 1. The Kier molecular flexibility index (Phi) is 3.32. The van der Waals surface area contributed by atoms with Gasteiger partial charge in [-0.05, 0) is 18.2 Å². The predicted molar refractivity (Wildman–Crippen MR) is 60.9 cm³/mol. The zero-order valence-electron chi connectivity index (χ0n) is 9.48. The molecule has 0 aliphatic heterocycles. The van der Waals surface area contributed by atoms with E-state index in [0.717, 1.165) is 12.1 Å². The lowest BCUT2D eigenvalue weighted by atomic mass is 10.1. The number of carbonyl (C=O) groups excluding carboxylic acids is 1.